The fraction of sp³-hybridized carbons (Fsp3) is 0.875. The first-order chi connectivity index (χ1) is 9.99. The highest BCUT2D eigenvalue weighted by Crippen LogP contribution is 2.08. The van der Waals surface area contributed by atoms with Gasteiger partial charge in [0.2, 0.25) is 0 Å². The van der Waals surface area contributed by atoms with Gasteiger partial charge in [-0.25, -0.2) is 4.79 Å². The quantitative estimate of drug-likeness (QED) is 0.541. The van der Waals surface area contributed by atoms with Gasteiger partial charge in [0, 0.05) is 12.6 Å². The van der Waals surface area contributed by atoms with Crippen LogP contribution in [0.4, 0.5) is 4.79 Å². The molecule has 124 valence electrons. The van der Waals surface area contributed by atoms with E-state index < -0.39 is 5.97 Å². The molecule has 0 unspecified atom stereocenters. The van der Waals surface area contributed by atoms with Crippen molar-refractivity contribution in [1.82, 2.24) is 10.2 Å². The van der Waals surface area contributed by atoms with Gasteiger partial charge < -0.3 is 15.3 Å². The van der Waals surface area contributed by atoms with Crippen molar-refractivity contribution in [3.63, 3.8) is 0 Å². The molecule has 0 rings (SSSR count). The lowest BCUT2D eigenvalue weighted by atomic mass is 10.1. The molecule has 0 aliphatic rings. The van der Waals surface area contributed by atoms with E-state index in [4.69, 9.17) is 5.11 Å². The van der Waals surface area contributed by atoms with E-state index in [0.717, 1.165) is 12.8 Å². The predicted molar refractivity (Wildman–Crippen MR) is 85.5 cm³/mol. The first-order valence-corrected chi connectivity index (χ1v) is 8.25. The lowest BCUT2D eigenvalue weighted by molar-refractivity contribution is -0.138. The van der Waals surface area contributed by atoms with Gasteiger partial charge in [0.1, 0.15) is 6.54 Å². The van der Waals surface area contributed by atoms with E-state index in [0.29, 0.717) is 6.54 Å². The molecule has 0 aromatic carbocycles. The van der Waals surface area contributed by atoms with Gasteiger partial charge in [-0.05, 0) is 20.3 Å². The van der Waals surface area contributed by atoms with Crippen LogP contribution in [-0.4, -0.2) is 41.1 Å². The molecular weight excluding hydrogens is 268 g/mol. The minimum absolute atomic E-state index is 0.111. The Morgan fingerprint density at radius 1 is 1.00 bits per heavy atom. The fourth-order valence-corrected chi connectivity index (χ4v) is 2.19. The Labute approximate surface area is 129 Å². The molecule has 0 bridgehead atoms. The van der Waals surface area contributed by atoms with Gasteiger partial charge in [-0.15, -0.1) is 0 Å². The molecule has 21 heavy (non-hydrogen) atoms. The van der Waals surface area contributed by atoms with E-state index >= 15 is 0 Å². The van der Waals surface area contributed by atoms with E-state index in [1.54, 1.807) is 0 Å². The number of carbonyl (C=O) groups is 2. The van der Waals surface area contributed by atoms with Crippen molar-refractivity contribution in [3.05, 3.63) is 0 Å². The van der Waals surface area contributed by atoms with Crippen molar-refractivity contribution in [1.29, 1.82) is 0 Å². The average Bonchev–Trinajstić information content (AvgIpc) is 2.42. The summed E-state index contributed by atoms with van der Waals surface area (Å²) in [7, 11) is 0. The first-order valence-electron chi connectivity index (χ1n) is 8.25. The molecule has 2 amide bonds. The van der Waals surface area contributed by atoms with Gasteiger partial charge in [0.15, 0.2) is 0 Å². The summed E-state index contributed by atoms with van der Waals surface area (Å²) in [6.07, 6.45) is 9.78. The van der Waals surface area contributed by atoms with Gasteiger partial charge in [0.25, 0.3) is 0 Å². The second-order valence-corrected chi connectivity index (χ2v) is 5.82. The number of nitrogens with zero attached hydrogens (tertiary/aromatic N) is 1. The van der Waals surface area contributed by atoms with Crippen LogP contribution in [0.25, 0.3) is 0 Å². The van der Waals surface area contributed by atoms with Crippen LogP contribution >= 0.6 is 0 Å². The van der Waals surface area contributed by atoms with Crippen LogP contribution in [0.5, 0.6) is 0 Å². The Morgan fingerprint density at radius 2 is 1.52 bits per heavy atom. The smallest absolute Gasteiger partial charge is 0.323 e. The number of carbonyl (C=O) groups excluding carboxylic acids is 1. The number of carboxylic acid groups (broad SMARTS) is 1. The van der Waals surface area contributed by atoms with E-state index in [2.05, 4.69) is 12.2 Å². The van der Waals surface area contributed by atoms with Crippen molar-refractivity contribution in [2.24, 2.45) is 0 Å². The Morgan fingerprint density at radius 3 is 2.00 bits per heavy atom. The number of rotatable bonds is 12. The molecule has 5 heteroatoms. The molecule has 0 heterocycles. The topological polar surface area (TPSA) is 69.6 Å². The molecule has 0 aliphatic heterocycles. The maximum absolute atomic E-state index is 11.9. The molecule has 0 spiro atoms. The van der Waals surface area contributed by atoms with Crippen molar-refractivity contribution >= 4 is 12.0 Å². The highest BCUT2D eigenvalue weighted by atomic mass is 16.4. The molecule has 0 aromatic rings. The zero-order chi connectivity index (χ0) is 16.1. The summed E-state index contributed by atoms with van der Waals surface area (Å²) in [4.78, 5) is 23.9. The third-order valence-corrected chi connectivity index (χ3v) is 3.50. The summed E-state index contributed by atoms with van der Waals surface area (Å²) in [6, 6.07) is -0.394. The molecule has 5 nitrogen and oxygen atoms in total. The minimum atomic E-state index is -0.981. The van der Waals surface area contributed by atoms with Crippen LogP contribution in [0, 0.1) is 0 Å². The van der Waals surface area contributed by atoms with Crippen molar-refractivity contribution in [3.8, 4) is 0 Å². The average molecular weight is 300 g/mol. The molecule has 0 fully saturated rings. The lowest BCUT2D eigenvalue weighted by Gasteiger charge is -2.25. The van der Waals surface area contributed by atoms with Crippen molar-refractivity contribution in [2.45, 2.75) is 78.2 Å². The van der Waals surface area contributed by atoms with Gasteiger partial charge in [-0.3, -0.25) is 4.79 Å². The minimum Gasteiger partial charge on any atom is -0.480 e. The van der Waals surface area contributed by atoms with Crippen LogP contribution in [0.3, 0.4) is 0 Å². The summed E-state index contributed by atoms with van der Waals surface area (Å²) < 4.78 is 0. The number of unbranched alkanes of at least 4 members (excludes halogenated alkanes) is 7. The number of urea groups is 1. The van der Waals surface area contributed by atoms with Crippen LogP contribution in [0.2, 0.25) is 0 Å². The molecule has 0 radical (unpaired) electrons. The monoisotopic (exact) mass is 300 g/mol. The van der Waals surface area contributed by atoms with E-state index in [1.165, 1.54) is 43.4 Å². The number of carboxylic acids is 1. The third kappa shape index (κ3) is 11.1. The van der Waals surface area contributed by atoms with Gasteiger partial charge in [-0.2, -0.15) is 0 Å². The van der Waals surface area contributed by atoms with Crippen LogP contribution in [0.1, 0.15) is 72.1 Å². The Hall–Kier alpha value is -1.26. The zero-order valence-electron chi connectivity index (χ0n) is 13.9. The Kier molecular flexibility index (Phi) is 11.7. The highest BCUT2D eigenvalue weighted by Gasteiger charge is 2.18. The first kappa shape index (κ1) is 19.7. The number of hydrogen-bond donors (Lipinski definition) is 2. The molecule has 0 aliphatic carbocycles. The molecule has 0 atom stereocenters. The Balaban J connectivity index is 3.65. The van der Waals surface area contributed by atoms with Crippen LogP contribution in [-0.2, 0) is 4.79 Å². The number of nitrogens with one attached hydrogen (secondary N) is 1. The van der Waals surface area contributed by atoms with Gasteiger partial charge >= 0.3 is 12.0 Å². The summed E-state index contributed by atoms with van der Waals surface area (Å²) in [5.41, 5.74) is 0. The number of aliphatic carboxylic acids is 1. The molecule has 0 aromatic heterocycles. The predicted octanol–water partition coefficient (Wildman–Crippen LogP) is 3.63. The number of amides is 2. The van der Waals surface area contributed by atoms with E-state index in [-0.39, 0.29) is 18.6 Å². The molecular formula is C16H32N2O3. The summed E-state index contributed by atoms with van der Waals surface area (Å²) in [6.45, 7) is 6.22. The van der Waals surface area contributed by atoms with E-state index in [9.17, 15) is 9.59 Å². The molecule has 0 saturated heterocycles. The Bertz CT molecular complexity index is 293. The number of hydrogen-bond acceptors (Lipinski definition) is 2. The molecule has 0 saturated carbocycles. The zero-order valence-corrected chi connectivity index (χ0v) is 13.9. The maximum atomic E-state index is 11.9. The normalized spacial score (nSPS) is 10.7. The summed E-state index contributed by atoms with van der Waals surface area (Å²) in [5, 5.41) is 11.6. The molecule has 2 N–H and O–H groups in total. The van der Waals surface area contributed by atoms with Crippen molar-refractivity contribution in [2.75, 3.05) is 13.1 Å². The third-order valence-electron chi connectivity index (χ3n) is 3.50. The van der Waals surface area contributed by atoms with Crippen LogP contribution in [0.15, 0.2) is 0 Å². The second-order valence-electron chi connectivity index (χ2n) is 5.82. The van der Waals surface area contributed by atoms with Crippen molar-refractivity contribution < 1.29 is 14.7 Å². The largest absolute Gasteiger partial charge is 0.480 e. The van der Waals surface area contributed by atoms with Crippen LogP contribution < -0.4 is 5.32 Å². The fourth-order valence-electron chi connectivity index (χ4n) is 2.19. The van der Waals surface area contributed by atoms with Gasteiger partial charge in [0.05, 0.1) is 0 Å². The second kappa shape index (κ2) is 12.5. The van der Waals surface area contributed by atoms with E-state index in [1.807, 2.05) is 13.8 Å². The standard InChI is InChI=1S/C16H32N2O3/c1-4-5-6-7-8-9-10-11-12-17-16(21)18(14(2)3)13-15(19)20/h14H,4-13H2,1-3H3,(H,17,21)(H,19,20). The summed E-state index contributed by atoms with van der Waals surface area (Å²) in [5.74, 6) is -0.981. The SMILES string of the molecule is CCCCCCCCCCNC(=O)N(CC(=O)O)C(C)C. The maximum Gasteiger partial charge on any atom is 0.323 e. The lowest BCUT2D eigenvalue weighted by Crippen LogP contribution is -2.46. The summed E-state index contributed by atoms with van der Waals surface area (Å²) >= 11 is 0. The highest BCUT2D eigenvalue weighted by molar-refractivity contribution is 5.80. The van der Waals surface area contributed by atoms with Gasteiger partial charge in [-0.1, -0.05) is 51.9 Å².